The van der Waals surface area contributed by atoms with Gasteiger partial charge in [0, 0.05) is 0 Å². The molecule has 14 heteroatoms. The van der Waals surface area contributed by atoms with Crippen molar-refractivity contribution in [2.45, 2.75) is 25.7 Å². The zero-order valence-corrected chi connectivity index (χ0v) is 12.7. The molecule has 130 valence electrons. The van der Waals surface area contributed by atoms with Crippen LogP contribution in [0, 0.1) is 0 Å². The van der Waals surface area contributed by atoms with Gasteiger partial charge in [-0.05, 0) is 25.7 Å². The molecule has 0 atom stereocenters. The van der Waals surface area contributed by atoms with Crippen LogP contribution in [0.15, 0.2) is 0 Å². The van der Waals surface area contributed by atoms with Crippen LogP contribution in [-0.2, 0) is 30.3 Å². The zero-order chi connectivity index (χ0) is 17.2. The maximum Gasteiger partial charge on any atom is 0.422 e. The number of rotatable bonds is 9. The minimum atomic E-state index is -5.15. The molecular formula is C8H14F2N2O8S2. The average molecular weight is 368 g/mol. The Labute approximate surface area is 125 Å². The van der Waals surface area contributed by atoms with Crippen LogP contribution in [0.5, 0.6) is 0 Å². The molecule has 0 spiro atoms. The molecule has 0 aliphatic heterocycles. The number of halogens is 2. The minimum absolute atomic E-state index is 0.150. The Morgan fingerprint density at radius 2 is 1.05 bits per heavy atom. The van der Waals surface area contributed by atoms with Crippen molar-refractivity contribution in [2.75, 3.05) is 13.2 Å². The summed E-state index contributed by atoms with van der Waals surface area (Å²) in [4.78, 5) is 21.4. The predicted octanol–water partition coefficient (Wildman–Crippen LogP) is 0.428. The molecule has 0 aromatic carbocycles. The number of nitrogens with one attached hydrogen (secondary N) is 2. The summed E-state index contributed by atoms with van der Waals surface area (Å²) in [7, 11) is -10.3. The monoisotopic (exact) mass is 368 g/mol. The fraction of sp³-hybridized carbons (Fsp3) is 0.750. The first-order chi connectivity index (χ1) is 9.99. The maximum absolute atomic E-state index is 12.0. The highest BCUT2D eigenvalue weighted by Gasteiger charge is 2.13. The van der Waals surface area contributed by atoms with Crippen LogP contribution in [0.1, 0.15) is 25.7 Å². The molecule has 0 aliphatic carbocycles. The van der Waals surface area contributed by atoms with Gasteiger partial charge in [-0.2, -0.15) is 26.3 Å². The Balaban J connectivity index is 3.52. The van der Waals surface area contributed by atoms with Gasteiger partial charge in [0.1, 0.15) is 0 Å². The summed E-state index contributed by atoms with van der Waals surface area (Å²) in [6.07, 6.45) is -1.19. The quantitative estimate of drug-likeness (QED) is 0.440. The number of carbonyl (C=O) groups excluding carboxylic acids is 2. The Hall–Kier alpha value is -1.70. The summed E-state index contributed by atoms with van der Waals surface area (Å²) in [5.74, 6) is 0. The lowest BCUT2D eigenvalue weighted by atomic mass is 10.2. The fourth-order valence-corrected chi connectivity index (χ4v) is 1.66. The van der Waals surface area contributed by atoms with Crippen molar-refractivity contribution in [3.8, 4) is 0 Å². The van der Waals surface area contributed by atoms with E-state index < -0.39 is 33.0 Å². The summed E-state index contributed by atoms with van der Waals surface area (Å²) >= 11 is 0. The third kappa shape index (κ3) is 14.7. The summed E-state index contributed by atoms with van der Waals surface area (Å²) in [6.45, 7) is -0.300. The van der Waals surface area contributed by atoms with E-state index in [1.807, 2.05) is 0 Å². The largest absolute Gasteiger partial charge is 0.449 e. The van der Waals surface area contributed by atoms with Crippen molar-refractivity contribution < 1.29 is 43.7 Å². The molecule has 2 N–H and O–H groups in total. The van der Waals surface area contributed by atoms with E-state index in [2.05, 4.69) is 9.47 Å². The lowest BCUT2D eigenvalue weighted by Crippen LogP contribution is -2.28. The van der Waals surface area contributed by atoms with E-state index in [4.69, 9.17) is 0 Å². The zero-order valence-electron chi connectivity index (χ0n) is 11.1. The SMILES string of the molecule is O=C(NS(=O)(=O)F)OCCCCCCOC(=O)NS(=O)(=O)F. The molecule has 22 heavy (non-hydrogen) atoms. The lowest BCUT2D eigenvalue weighted by molar-refractivity contribution is 0.144. The number of hydrogen-bond donors (Lipinski definition) is 2. The standard InChI is InChI=1S/C8H14F2N2O8S2/c9-21(15,16)11-7(13)19-5-3-1-2-4-6-20-8(14)12-22(10,17)18/h1-6H2,(H,11,13)(H,12,14). The predicted molar refractivity (Wildman–Crippen MR) is 67.5 cm³/mol. The Morgan fingerprint density at radius 3 is 1.32 bits per heavy atom. The van der Waals surface area contributed by atoms with Crippen LogP contribution in [0.2, 0.25) is 0 Å². The molecule has 0 radical (unpaired) electrons. The molecule has 0 fully saturated rings. The first-order valence-corrected chi connectivity index (χ1v) is 8.54. The number of amides is 2. The second-order valence-corrected chi connectivity index (χ2v) is 5.93. The molecule has 0 aromatic rings. The smallest absolute Gasteiger partial charge is 0.422 e. The van der Waals surface area contributed by atoms with Crippen molar-refractivity contribution in [1.82, 2.24) is 9.44 Å². The van der Waals surface area contributed by atoms with Gasteiger partial charge in [0.05, 0.1) is 13.2 Å². The van der Waals surface area contributed by atoms with Gasteiger partial charge in [0.15, 0.2) is 0 Å². The normalized spacial score (nSPS) is 11.5. The molecule has 0 aliphatic rings. The highest BCUT2D eigenvalue weighted by Crippen LogP contribution is 2.01. The van der Waals surface area contributed by atoms with Gasteiger partial charge in [-0.3, -0.25) is 0 Å². The van der Waals surface area contributed by atoms with Gasteiger partial charge in [-0.25, -0.2) is 9.59 Å². The van der Waals surface area contributed by atoms with Crippen LogP contribution >= 0.6 is 0 Å². The van der Waals surface area contributed by atoms with E-state index in [0.29, 0.717) is 25.7 Å². The second-order valence-electron chi connectivity index (χ2n) is 3.77. The first kappa shape index (κ1) is 20.3. The first-order valence-electron chi connectivity index (χ1n) is 5.78. The minimum Gasteiger partial charge on any atom is -0.449 e. The highest BCUT2D eigenvalue weighted by atomic mass is 32.3. The van der Waals surface area contributed by atoms with Crippen molar-refractivity contribution in [1.29, 1.82) is 0 Å². The van der Waals surface area contributed by atoms with Gasteiger partial charge >= 0.3 is 33.0 Å². The van der Waals surface area contributed by atoms with Gasteiger partial charge < -0.3 is 9.47 Å². The van der Waals surface area contributed by atoms with E-state index >= 15 is 0 Å². The van der Waals surface area contributed by atoms with Crippen LogP contribution in [0.3, 0.4) is 0 Å². The number of unbranched alkanes of at least 4 members (excludes halogenated alkanes) is 3. The van der Waals surface area contributed by atoms with Gasteiger partial charge in [-0.1, -0.05) is 7.77 Å². The molecule has 0 aromatic heterocycles. The molecule has 0 saturated heterocycles. The lowest BCUT2D eigenvalue weighted by Gasteiger charge is -2.05. The number of ether oxygens (including phenoxy) is 2. The Kier molecular flexibility index (Phi) is 8.62. The molecule has 0 bridgehead atoms. The second kappa shape index (κ2) is 9.34. The van der Waals surface area contributed by atoms with Crippen LogP contribution in [0.25, 0.3) is 0 Å². The third-order valence-electron chi connectivity index (χ3n) is 1.92. The summed E-state index contributed by atoms with van der Waals surface area (Å²) in [5, 5.41) is 0. The van der Waals surface area contributed by atoms with Crippen molar-refractivity contribution in [2.24, 2.45) is 0 Å². The van der Waals surface area contributed by atoms with Gasteiger partial charge in [-0.15, -0.1) is 0 Å². The number of hydrogen-bond acceptors (Lipinski definition) is 8. The topological polar surface area (TPSA) is 145 Å². The highest BCUT2D eigenvalue weighted by molar-refractivity contribution is 7.85. The molecular weight excluding hydrogens is 354 g/mol. The van der Waals surface area contributed by atoms with Crippen LogP contribution in [-0.4, -0.2) is 42.2 Å². The Morgan fingerprint density at radius 1 is 0.727 bits per heavy atom. The van der Waals surface area contributed by atoms with E-state index in [9.17, 15) is 34.2 Å². The van der Waals surface area contributed by atoms with E-state index in [-0.39, 0.29) is 13.2 Å². The molecule has 10 nitrogen and oxygen atoms in total. The van der Waals surface area contributed by atoms with Crippen LogP contribution in [0.4, 0.5) is 17.4 Å². The van der Waals surface area contributed by atoms with E-state index in [0.717, 1.165) is 9.44 Å². The molecule has 0 rings (SSSR count). The van der Waals surface area contributed by atoms with Crippen LogP contribution < -0.4 is 9.44 Å². The molecule has 0 heterocycles. The maximum atomic E-state index is 12.0. The van der Waals surface area contributed by atoms with E-state index in [1.54, 1.807) is 0 Å². The summed E-state index contributed by atoms with van der Waals surface area (Å²) in [5.41, 5.74) is 0. The van der Waals surface area contributed by atoms with E-state index in [1.165, 1.54) is 0 Å². The van der Waals surface area contributed by atoms with Gasteiger partial charge in [0.2, 0.25) is 0 Å². The summed E-state index contributed by atoms with van der Waals surface area (Å²) < 4.78 is 74.6. The molecule has 0 unspecified atom stereocenters. The molecule has 2 amide bonds. The average Bonchev–Trinajstić information content (AvgIpc) is 2.27. The third-order valence-corrected chi connectivity index (χ3v) is 2.74. The molecule has 0 saturated carbocycles. The summed E-state index contributed by atoms with van der Waals surface area (Å²) in [6, 6.07) is 0. The number of carbonyl (C=O) groups is 2. The van der Waals surface area contributed by atoms with Crippen molar-refractivity contribution >= 4 is 33.0 Å². The van der Waals surface area contributed by atoms with Gasteiger partial charge in [0.25, 0.3) is 0 Å². The van der Waals surface area contributed by atoms with Crippen molar-refractivity contribution in [3.63, 3.8) is 0 Å². The fourth-order valence-electron chi connectivity index (χ4n) is 1.15. The Bertz CT molecular complexity index is 525. The van der Waals surface area contributed by atoms with Crippen molar-refractivity contribution in [3.05, 3.63) is 0 Å².